The molecule has 0 saturated carbocycles. The summed E-state index contributed by atoms with van der Waals surface area (Å²) >= 11 is 1.31. The van der Waals surface area contributed by atoms with Gasteiger partial charge in [-0.15, -0.1) is 0 Å². The van der Waals surface area contributed by atoms with E-state index < -0.39 is 23.0 Å². The Morgan fingerprint density at radius 2 is 2.12 bits per heavy atom. The molecule has 0 fully saturated rings. The average Bonchev–Trinajstić information content (AvgIpc) is 3.23. The minimum atomic E-state index is -0.912. The van der Waals surface area contributed by atoms with Crippen molar-refractivity contribution in [1.82, 2.24) is 9.97 Å². The average molecular weight is 462 g/mol. The highest BCUT2D eigenvalue weighted by Gasteiger charge is 2.25. The van der Waals surface area contributed by atoms with E-state index in [2.05, 4.69) is 14.7 Å². The fourth-order valence-corrected chi connectivity index (χ4v) is 4.44. The molecule has 0 amide bonds. The van der Waals surface area contributed by atoms with Crippen molar-refractivity contribution >= 4 is 34.5 Å². The monoisotopic (exact) mass is 461 g/mol. The Hall–Kier alpha value is -2.75. The number of aliphatic hydroxyl groups is 1. The molecular formula is C23H25F2N3O3S. The van der Waals surface area contributed by atoms with Crippen LogP contribution in [0.5, 0.6) is 0 Å². The summed E-state index contributed by atoms with van der Waals surface area (Å²) in [6, 6.07) is 4.17. The number of aryl methyl sites for hydroxylation is 1. The number of aromatic amines is 1. The van der Waals surface area contributed by atoms with E-state index in [1.807, 2.05) is 19.1 Å². The van der Waals surface area contributed by atoms with Crippen molar-refractivity contribution in [1.29, 1.82) is 0 Å². The molecule has 0 spiro atoms. The Balaban J connectivity index is 0.00000141. The molecule has 4 rings (SSSR count). The molecule has 0 aliphatic heterocycles. The van der Waals surface area contributed by atoms with E-state index in [0.29, 0.717) is 11.0 Å². The van der Waals surface area contributed by atoms with Crippen LogP contribution >= 0.6 is 11.9 Å². The first kappa shape index (κ1) is 23.9. The van der Waals surface area contributed by atoms with E-state index in [-0.39, 0.29) is 22.6 Å². The molecule has 2 aromatic heterocycles. The lowest BCUT2D eigenvalue weighted by Crippen LogP contribution is -2.20. The summed E-state index contributed by atoms with van der Waals surface area (Å²) in [5, 5.41) is 7.61. The van der Waals surface area contributed by atoms with E-state index in [4.69, 9.17) is 9.84 Å². The molecule has 0 saturated heterocycles. The number of hydrogen-bond donors (Lipinski definition) is 3. The summed E-state index contributed by atoms with van der Waals surface area (Å²) in [6.07, 6.45) is 8.89. The first-order valence-electron chi connectivity index (χ1n) is 10.00. The summed E-state index contributed by atoms with van der Waals surface area (Å²) in [4.78, 5) is 20.1. The molecule has 1 aliphatic carbocycles. The number of carbonyl (C=O) groups excluding carboxylic acids is 1. The van der Waals surface area contributed by atoms with Gasteiger partial charge in [0, 0.05) is 42.8 Å². The fourth-order valence-electron chi connectivity index (χ4n) is 3.50. The van der Waals surface area contributed by atoms with Gasteiger partial charge in [-0.05, 0) is 55.5 Å². The molecule has 2 heterocycles. The predicted molar refractivity (Wildman–Crippen MR) is 123 cm³/mol. The lowest BCUT2D eigenvalue weighted by Gasteiger charge is -2.23. The zero-order chi connectivity index (χ0) is 23.3. The number of nitrogens with one attached hydrogen (secondary N) is 2. The summed E-state index contributed by atoms with van der Waals surface area (Å²) < 4.78 is 38.0. The van der Waals surface area contributed by atoms with Crippen LogP contribution in [0, 0.1) is 18.6 Å². The molecule has 2 atom stereocenters. The molecule has 2 unspecified atom stereocenters. The van der Waals surface area contributed by atoms with Gasteiger partial charge >= 0.3 is 0 Å². The van der Waals surface area contributed by atoms with Crippen molar-refractivity contribution in [2.45, 2.75) is 31.1 Å². The molecule has 3 aromatic rings. The Morgan fingerprint density at radius 1 is 1.34 bits per heavy atom. The van der Waals surface area contributed by atoms with E-state index in [0.717, 1.165) is 31.6 Å². The third kappa shape index (κ3) is 5.01. The number of hydrogen-bond acceptors (Lipinski definition) is 6. The highest BCUT2D eigenvalue weighted by molar-refractivity contribution is 8.01. The van der Waals surface area contributed by atoms with Gasteiger partial charge < -0.3 is 19.5 Å². The van der Waals surface area contributed by atoms with E-state index >= 15 is 4.39 Å². The third-order valence-corrected chi connectivity index (χ3v) is 6.12. The lowest BCUT2D eigenvalue weighted by atomic mass is 10.0. The van der Waals surface area contributed by atoms with E-state index in [9.17, 15) is 9.18 Å². The number of rotatable bonds is 6. The van der Waals surface area contributed by atoms with Gasteiger partial charge in [-0.1, -0.05) is 12.2 Å². The van der Waals surface area contributed by atoms with E-state index in [1.54, 1.807) is 19.4 Å². The van der Waals surface area contributed by atoms with Crippen molar-refractivity contribution in [3.8, 4) is 0 Å². The Morgan fingerprint density at radius 3 is 2.88 bits per heavy atom. The molecular weight excluding hydrogens is 436 g/mol. The van der Waals surface area contributed by atoms with Crippen LogP contribution in [-0.2, 0) is 4.74 Å². The second-order valence-electron chi connectivity index (χ2n) is 7.24. The predicted octanol–water partition coefficient (Wildman–Crippen LogP) is 4.78. The largest absolute Gasteiger partial charge is 0.400 e. The van der Waals surface area contributed by atoms with Gasteiger partial charge in [-0.3, -0.25) is 4.79 Å². The number of pyridine rings is 1. The Bertz CT molecular complexity index is 1130. The highest BCUT2D eigenvalue weighted by Crippen LogP contribution is 2.31. The number of halogens is 2. The SMILES string of the molecule is CO.COC1CC=CC(SNc2ccc(F)c(C(=O)c3c[nH]c4ncc(C)cc34)c2F)C1. The number of H-pyrrole nitrogens is 1. The van der Waals surface area contributed by atoms with Crippen molar-refractivity contribution in [2.75, 3.05) is 18.9 Å². The Kier molecular flexibility index (Phi) is 8.00. The highest BCUT2D eigenvalue weighted by atomic mass is 32.2. The second-order valence-corrected chi connectivity index (χ2v) is 8.29. The van der Waals surface area contributed by atoms with Crippen molar-refractivity contribution < 1.29 is 23.4 Å². The summed E-state index contributed by atoms with van der Waals surface area (Å²) in [6.45, 7) is 1.84. The number of aliphatic hydroxyl groups excluding tert-OH is 1. The molecule has 6 nitrogen and oxygen atoms in total. The number of ketones is 1. The number of fused-ring (bicyclic) bond motifs is 1. The number of benzene rings is 1. The van der Waals surface area contributed by atoms with Crippen LogP contribution in [0.25, 0.3) is 11.0 Å². The molecule has 32 heavy (non-hydrogen) atoms. The molecule has 1 aliphatic rings. The number of ether oxygens (including phenoxy) is 1. The maximum Gasteiger partial charge on any atom is 0.201 e. The van der Waals surface area contributed by atoms with Gasteiger partial charge in [-0.2, -0.15) is 0 Å². The minimum Gasteiger partial charge on any atom is -0.400 e. The maximum atomic E-state index is 15.1. The van der Waals surface area contributed by atoms with Gasteiger partial charge in [-0.25, -0.2) is 13.8 Å². The smallest absolute Gasteiger partial charge is 0.201 e. The Labute approximate surface area is 189 Å². The zero-order valence-corrected chi connectivity index (χ0v) is 18.8. The summed E-state index contributed by atoms with van der Waals surface area (Å²) in [7, 11) is 2.66. The van der Waals surface area contributed by atoms with Crippen molar-refractivity contribution in [3.63, 3.8) is 0 Å². The number of nitrogens with zero attached hydrogens (tertiary/aromatic N) is 1. The zero-order valence-electron chi connectivity index (χ0n) is 18.0. The number of anilines is 1. The second kappa shape index (κ2) is 10.7. The number of methoxy groups -OCH3 is 1. The van der Waals surface area contributed by atoms with Crippen LogP contribution in [0.1, 0.15) is 34.3 Å². The van der Waals surface area contributed by atoms with Gasteiger partial charge in [0.15, 0.2) is 5.82 Å². The van der Waals surface area contributed by atoms with E-state index in [1.165, 1.54) is 24.2 Å². The van der Waals surface area contributed by atoms with Crippen LogP contribution in [0.2, 0.25) is 0 Å². The first-order valence-corrected chi connectivity index (χ1v) is 10.9. The van der Waals surface area contributed by atoms with Crippen molar-refractivity contribution in [2.24, 2.45) is 0 Å². The molecule has 0 radical (unpaired) electrons. The normalized spacial score (nSPS) is 17.7. The molecule has 9 heteroatoms. The fraction of sp³-hybridized carbons (Fsp3) is 0.304. The summed E-state index contributed by atoms with van der Waals surface area (Å²) in [5.74, 6) is -2.54. The topological polar surface area (TPSA) is 87.2 Å². The lowest BCUT2D eigenvalue weighted by molar-refractivity contribution is 0.0966. The standard InChI is InChI=1S/C22H21F2N3O2S.CH4O/c1-12-8-15-16(11-26-22(15)25-10-12)21(28)19-17(23)6-7-18(20(19)24)27-30-14-5-3-4-13(9-14)29-2;1-2/h3,5-8,10-11,13-14,27H,4,9H2,1-2H3,(H,25,26);2H,1H3. The molecule has 170 valence electrons. The van der Waals surface area contributed by atoms with Crippen molar-refractivity contribution in [3.05, 3.63) is 71.1 Å². The van der Waals surface area contributed by atoms with Gasteiger partial charge in [0.25, 0.3) is 0 Å². The van der Waals surface area contributed by atoms with Crippen LogP contribution in [0.15, 0.2) is 42.7 Å². The molecule has 3 N–H and O–H groups in total. The minimum absolute atomic E-state index is 0.0619. The third-order valence-electron chi connectivity index (χ3n) is 5.13. The van der Waals surface area contributed by atoms with Gasteiger partial charge in [0.05, 0.1) is 17.4 Å². The first-order chi connectivity index (χ1) is 15.5. The van der Waals surface area contributed by atoms with Crippen LogP contribution in [-0.4, -0.2) is 46.4 Å². The van der Waals surface area contributed by atoms with Gasteiger partial charge in [0.1, 0.15) is 11.5 Å². The van der Waals surface area contributed by atoms with Crippen LogP contribution in [0.4, 0.5) is 14.5 Å². The quantitative estimate of drug-likeness (QED) is 0.278. The van der Waals surface area contributed by atoms with Gasteiger partial charge in [0.2, 0.25) is 5.78 Å². The molecule has 1 aromatic carbocycles. The number of aromatic nitrogens is 2. The summed E-state index contributed by atoms with van der Waals surface area (Å²) in [5.41, 5.74) is 0.996. The molecule has 0 bridgehead atoms. The van der Waals surface area contributed by atoms with Crippen LogP contribution in [0.3, 0.4) is 0 Å². The number of carbonyl (C=O) groups is 1. The maximum absolute atomic E-state index is 15.1. The van der Waals surface area contributed by atoms with Crippen LogP contribution < -0.4 is 4.72 Å².